The van der Waals surface area contributed by atoms with Crippen LogP contribution >= 0.6 is 11.3 Å². The predicted molar refractivity (Wildman–Crippen MR) is 83.5 cm³/mol. The van der Waals surface area contributed by atoms with Crippen LogP contribution in [0.4, 0.5) is 18.3 Å². The van der Waals surface area contributed by atoms with Crippen molar-refractivity contribution >= 4 is 22.4 Å². The number of methoxy groups -OCH3 is 1. The summed E-state index contributed by atoms with van der Waals surface area (Å²) in [4.78, 5) is 15.8. The van der Waals surface area contributed by atoms with Crippen LogP contribution in [0.3, 0.4) is 0 Å². The van der Waals surface area contributed by atoms with Crippen molar-refractivity contribution in [3.8, 4) is 0 Å². The molecule has 5 nitrogen and oxygen atoms in total. The first-order valence-corrected chi connectivity index (χ1v) is 7.98. The van der Waals surface area contributed by atoms with Gasteiger partial charge in [0.2, 0.25) is 0 Å². The van der Waals surface area contributed by atoms with Gasteiger partial charge in [0, 0.05) is 18.0 Å². The zero-order valence-corrected chi connectivity index (χ0v) is 13.7. The van der Waals surface area contributed by atoms with Crippen LogP contribution in [0.15, 0.2) is 41.9 Å². The van der Waals surface area contributed by atoms with E-state index in [0.717, 1.165) is 29.3 Å². The lowest BCUT2D eigenvalue weighted by Gasteiger charge is -2.30. The van der Waals surface area contributed by atoms with Crippen LogP contribution in [0.2, 0.25) is 0 Å². The van der Waals surface area contributed by atoms with E-state index in [-0.39, 0.29) is 11.7 Å². The van der Waals surface area contributed by atoms with Gasteiger partial charge in [-0.25, -0.2) is 9.78 Å². The van der Waals surface area contributed by atoms with Crippen LogP contribution in [0.1, 0.15) is 5.56 Å². The molecule has 0 aliphatic heterocycles. The summed E-state index contributed by atoms with van der Waals surface area (Å²) in [5.41, 5.74) is -2.06. The number of carbonyl (C=O) groups is 1. The average Bonchev–Trinajstić information content (AvgIpc) is 3.06. The fraction of sp³-hybridized carbons (Fsp3) is 0.333. The van der Waals surface area contributed by atoms with Crippen LogP contribution in [0.5, 0.6) is 0 Å². The normalized spacial score (nSPS) is 14.0. The fourth-order valence-corrected chi connectivity index (χ4v) is 2.79. The molecule has 3 N–H and O–H groups in total. The van der Waals surface area contributed by atoms with E-state index in [1.165, 1.54) is 11.6 Å². The molecule has 0 spiro atoms. The van der Waals surface area contributed by atoms with E-state index < -0.39 is 17.8 Å². The van der Waals surface area contributed by atoms with E-state index in [1.807, 2.05) is 18.2 Å². The molecule has 2 aromatic rings. The van der Waals surface area contributed by atoms with Crippen molar-refractivity contribution in [1.82, 2.24) is 4.98 Å². The highest BCUT2D eigenvalue weighted by Crippen LogP contribution is 2.30. The SMILES string of the molecule is COC(=O)[C@@](Nc1nccs1)([NH2+]CCc1ccccc1)C(F)(F)F. The number of nitrogens with one attached hydrogen (secondary N) is 1. The molecule has 0 saturated heterocycles. The van der Waals surface area contributed by atoms with Crippen LogP contribution in [0, 0.1) is 0 Å². The molecule has 0 radical (unpaired) electrons. The highest BCUT2D eigenvalue weighted by atomic mass is 32.1. The van der Waals surface area contributed by atoms with Crippen LogP contribution in [0.25, 0.3) is 0 Å². The Balaban J connectivity index is 2.21. The number of esters is 1. The number of ether oxygens (including phenoxy) is 1. The van der Waals surface area contributed by atoms with E-state index in [1.54, 1.807) is 12.1 Å². The zero-order valence-electron chi connectivity index (χ0n) is 12.8. The Bertz CT molecular complexity index is 650. The molecule has 0 amide bonds. The molecule has 130 valence electrons. The lowest BCUT2D eigenvalue weighted by atomic mass is 10.1. The number of carbonyl (C=O) groups excluding carboxylic acids is 1. The molecule has 1 aromatic heterocycles. The largest absolute Gasteiger partial charge is 0.478 e. The topological polar surface area (TPSA) is 67.8 Å². The summed E-state index contributed by atoms with van der Waals surface area (Å²) < 4.78 is 45.6. The first-order chi connectivity index (χ1) is 11.4. The molecule has 1 heterocycles. The van der Waals surface area contributed by atoms with Gasteiger partial charge in [-0.2, -0.15) is 13.2 Å². The summed E-state index contributed by atoms with van der Waals surface area (Å²) in [6.07, 6.45) is -3.15. The molecule has 24 heavy (non-hydrogen) atoms. The number of aromatic nitrogens is 1. The second-order valence-corrected chi connectivity index (χ2v) is 5.88. The van der Waals surface area contributed by atoms with Crippen molar-refractivity contribution in [2.75, 3.05) is 19.0 Å². The standard InChI is InChI=1S/C15H16F3N3O2S/c1-23-12(22)14(15(16,17)18,21-13-19-9-10-24-13)20-8-7-11-5-3-2-4-6-11/h2-6,9-10,20H,7-8H2,1H3,(H,19,21)/p+1/t14-/m0/s1. The van der Waals surface area contributed by atoms with Crippen molar-refractivity contribution in [3.05, 3.63) is 47.5 Å². The summed E-state index contributed by atoms with van der Waals surface area (Å²) in [5.74, 6) is -1.42. The van der Waals surface area contributed by atoms with Gasteiger partial charge in [-0.1, -0.05) is 30.3 Å². The van der Waals surface area contributed by atoms with Crippen molar-refractivity contribution in [2.45, 2.75) is 18.3 Å². The van der Waals surface area contributed by atoms with E-state index in [0.29, 0.717) is 6.42 Å². The van der Waals surface area contributed by atoms with Gasteiger partial charge in [0.05, 0.1) is 13.7 Å². The van der Waals surface area contributed by atoms with Crippen molar-refractivity contribution in [3.63, 3.8) is 0 Å². The van der Waals surface area contributed by atoms with Gasteiger partial charge in [-0.05, 0) is 5.56 Å². The number of hydrogen-bond acceptors (Lipinski definition) is 5. The summed E-state index contributed by atoms with van der Waals surface area (Å²) in [7, 11) is 0.928. The molecular weight excluding hydrogens is 343 g/mol. The lowest BCUT2D eigenvalue weighted by Crippen LogP contribution is -3.05. The fourth-order valence-electron chi connectivity index (χ4n) is 2.20. The quantitative estimate of drug-likeness (QED) is 0.584. The van der Waals surface area contributed by atoms with E-state index >= 15 is 0 Å². The minimum absolute atomic E-state index is 0.00585. The third-order valence-corrected chi connectivity index (χ3v) is 4.11. The molecule has 1 aromatic carbocycles. The zero-order chi connectivity index (χ0) is 17.6. The molecule has 0 fully saturated rings. The van der Waals surface area contributed by atoms with Gasteiger partial charge < -0.3 is 10.1 Å². The van der Waals surface area contributed by atoms with Crippen molar-refractivity contribution < 1.29 is 28.0 Å². The highest BCUT2D eigenvalue weighted by Gasteiger charge is 2.66. The third-order valence-electron chi connectivity index (χ3n) is 3.42. The monoisotopic (exact) mass is 360 g/mol. The number of thiazole rings is 1. The summed E-state index contributed by atoms with van der Waals surface area (Å²) in [6, 6.07) is 9.07. The number of rotatable bonds is 7. The Labute approximate surface area is 140 Å². The molecule has 0 aliphatic carbocycles. The second kappa shape index (κ2) is 7.63. The molecular formula is C15H17F3N3O2S+. The van der Waals surface area contributed by atoms with Gasteiger partial charge in [-0.3, -0.25) is 5.32 Å². The molecule has 0 unspecified atom stereocenters. The molecule has 0 saturated carbocycles. The highest BCUT2D eigenvalue weighted by molar-refractivity contribution is 7.13. The number of hydrogen-bond donors (Lipinski definition) is 2. The Hall–Kier alpha value is -2.13. The van der Waals surface area contributed by atoms with E-state index in [9.17, 15) is 18.0 Å². The Morgan fingerprint density at radius 1 is 1.33 bits per heavy atom. The number of nitrogens with two attached hydrogens (primary N) is 1. The number of quaternary nitrogens is 1. The van der Waals surface area contributed by atoms with Crippen molar-refractivity contribution in [1.29, 1.82) is 0 Å². The summed E-state index contributed by atoms with van der Waals surface area (Å²) >= 11 is 0.974. The minimum atomic E-state index is -4.87. The average molecular weight is 360 g/mol. The molecule has 0 bridgehead atoms. The number of halogens is 3. The molecule has 0 aliphatic rings. The van der Waals surface area contributed by atoms with Gasteiger partial charge in [0.15, 0.2) is 5.13 Å². The smallest absolute Gasteiger partial charge is 0.463 e. The van der Waals surface area contributed by atoms with Gasteiger partial charge in [0.25, 0.3) is 0 Å². The maximum absolute atomic E-state index is 13.7. The Morgan fingerprint density at radius 3 is 2.58 bits per heavy atom. The minimum Gasteiger partial charge on any atom is -0.463 e. The van der Waals surface area contributed by atoms with E-state index in [4.69, 9.17) is 0 Å². The van der Waals surface area contributed by atoms with Gasteiger partial charge >= 0.3 is 17.8 Å². The Kier molecular flexibility index (Phi) is 5.79. The third kappa shape index (κ3) is 4.04. The van der Waals surface area contributed by atoms with E-state index in [2.05, 4.69) is 15.0 Å². The number of alkyl halides is 3. The Morgan fingerprint density at radius 2 is 2.04 bits per heavy atom. The molecule has 2 rings (SSSR count). The first-order valence-electron chi connectivity index (χ1n) is 7.10. The molecule has 1 atom stereocenters. The maximum Gasteiger partial charge on any atom is 0.478 e. The van der Waals surface area contributed by atoms with Crippen LogP contribution in [-0.2, 0) is 16.0 Å². The van der Waals surface area contributed by atoms with Crippen LogP contribution < -0.4 is 10.6 Å². The van der Waals surface area contributed by atoms with Gasteiger partial charge in [-0.15, -0.1) is 11.3 Å². The maximum atomic E-state index is 13.7. The molecule has 9 heteroatoms. The predicted octanol–water partition coefficient (Wildman–Crippen LogP) is 1.79. The second-order valence-electron chi connectivity index (χ2n) is 4.99. The van der Waals surface area contributed by atoms with Crippen molar-refractivity contribution in [2.24, 2.45) is 0 Å². The number of anilines is 1. The summed E-state index contributed by atoms with van der Waals surface area (Å²) in [5, 5.41) is 4.62. The number of benzene rings is 1. The number of nitrogens with zero attached hydrogens (tertiary/aromatic N) is 1. The first kappa shape index (κ1) is 18.2. The van der Waals surface area contributed by atoms with Crippen LogP contribution in [-0.4, -0.2) is 36.4 Å². The lowest BCUT2D eigenvalue weighted by molar-refractivity contribution is -0.733. The summed E-state index contributed by atoms with van der Waals surface area (Å²) in [6.45, 7) is 0.0387. The van der Waals surface area contributed by atoms with Gasteiger partial charge in [0.1, 0.15) is 0 Å².